The summed E-state index contributed by atoms with van der Waals surface area (Å²) in [6.45, 7) is 3.53. The molecule has 13 heavy (non-hydrogen) atoms. The Hall–Kier alpha value is -1.39. The second-order valence-corrected chi connectivity index (χ2v) is 2.90. The first kappa shape index (κ1) is 9.70. The Morgan fingerprint density at radius 2 is 2.46 bits per heavy atom. The van der Waals surface area contributed by atoms with E-state index in [1.165, 1.54) is 0 Å². The largest absolute Gasteiger partial charge is 0.348 e. The SMILES string of the molecule is CCn1cc(CCN(C)C=O)nn1. The number of hydrogen-bond donors (Lipinski definition) is 0. The number of amides is 1. The first-order valence-corrected chi connectivity index (χ1v) is 4.30. The van der Waals surface area contributed by atoms with Crippen molar-refractivity contribution in [1.82, 2.24) is 19.9 Å². The normalized spacial score (nSPS) is 10.0. The molecule has 1 aromatic heterocycles. The summed E-state index contributed by atoms with van der Waals surface area (Å²) in [6.07, 6.45) is 3.47. The molecule has 5 nitrogen and oxygen atoms in total. The molecule has 0 aliphatic carbocycles. The summed E-state index contributed by atoms with van der Waals surface area (Å²) in [5.41, 5.74) is 0.926. The highest BCUT2D eigenvalue weighted by molar-refractivity contribution is 5.46. The minimum atomic E-state index is 0.686. The lowest BCUT2D eigenvalue weighted by molar-refractivity contribution is -0.116. The fraction of sp³-hybridized carbons (Fsp3) is 0.625. The van der Waals surface area contributed by atoms with Gasteiger partial charge in [-0.05, 0) is 6.92 Å². The van der Waals surface area contributed by atoms with Crippen molar-refractivity contribution in [3.8, 4) is 0 Å². The van der Waals surface area contributed by atoms with Gasteiger partial charge in [0.25, 0.3) is 0 Å². The highest BCUT2D eigenvalue weighted by Crippen LogP contribution is 1.94. The second-order valence-electron chi connectivity index (χ2n) is 2.90. The highest BCUT2D eigenvalue weighted by atomic mass is 16.1. The molecule has 0 radical (unpaired) electrons. The molecule has 0 N–H and O–H groups in total. The van der Waals surface area contributed by atoms with Gasteiger partial charge in [0, 0.05) is 32.8 Å². The lowest BCUT2D eigenvalue weighted by Crippen LogP contribution is -2.18. The van der Waals surface area contributed by atoms with Crippen LogP contribution in [0.1, 0.15) is 12.6 Å². The van der Waals surface area contributed by atoms with Gasteiger partial charge in [0.2, 0.25) is 6.41 Å². The molecule has 0 atom stereocenters. The number of carbonyl (C=O) groups is 1. The van der Waals surface area contributed by atoms with Crippen LogP contribution in [-0.2, 0) is 17.8 Å². The Bertz CT molecular complexity index is 271. The summed E-state index contributed by atoms with van der Waals surface area (Å²) >= 11 is 0. The molecule has 0 aromatic carbocycles. The van der Waals surface area contributed by atoms with Crippen molar-refractivity contribution < 1.29 is 4.79 Å². The molecule has 0 fully saturated rings. The minimum Gasteiger partial charge on any atom is -0.348 e. The fourth-order valence-electron chi connectivity index (χ4n) is 0.951. The maximum absolute atomic E-state index is 10.3. The van der Waals surface area contributed by atoms with Gasteiger partial charge >= 0.3 is 0 Å². The molecule has 1 heterocycles. The van der Waals surface area contributed by atoms with Crippen LogP contribution in [0.4, 0.5) is 0 Å². The van der Waals surface area contributed by atoms with E-state index in [-0.39, 0.29) is 0 Å². The number of likely N-dealkylation sites (N-methyl/N-ethyl adjacent to an activating group) is 1. The molecule has 1 amide bonds. The van der Waals surface area contributed by atoms with E-state index in [4.69, 9.17) is 0 Å². The third kappa shape index (κ3) is 2.85. The van der Waals surface area contributed by atoms with Gasteiger partial charge in [0.05, 0.1) is 5.69 Å². The Morgan fingerprint density at radius 1 is 1.69 bits per heavy atom. The number of aromatic nitrogens is 3. The number of hydrogen-bond acceptors (Lipinski definition) is 3. The average Bonchev–Trinajstić information content (AvgIpc) is 2.61. The molecule has 1 rings (SSSR count). The third-order valence-electron chi connectivity index (χ3n) is 1.81. The van der Waals surface area contributed by atoms with Gasteiger partial charge in [0.1, 0.15) is 0 Å². The topological polar surface area (TPSA) is 51.0 Å². The standard InChI is InChI=1S/C8H14N4O/c1-3-12-6-8(9-10-12)4-5-11(2)7-13/h6-7H,3-5H2,1-2H3. The molecule has 0 bridgehead atoms. The average molecular weight is 182 g/mol. The van der Waals surface area contributed by atoms with E-state index in [1.807, 2.05) is 13.1 Å². The summed E-state index contributed by atoms with van der Waals surface area (Å²) in [5.74, 6) is 0. The Kier molecular flexibility index (Phi) is 3.42. The molecular weight excluding hydrogens is 168 g/mol. The molecule has 0 unspecified atom stereocenters. The summed E-state index contributed by atoms with van der Waals surface area (Å²) in [7, 11) is 1.75. The zero-order valence-electron chi connectivity index (χ0n) is 7.97. The summed E-state index contributed by atoms with van der Waals surface area (Å²) < 4.78 is 1.77. The quantitative estimate of drug-likeness (QED) is 0.599. The lowest BCUT2D eigenvalue weighted by atomic mass is 10.3. The van der Waals surface area contributed by atoms with E-state index in [9.17, 15) is 4.79 Å². The van der Waals surface area contributed by atoms with E-state index < -0.39 is 0 Å². The van der Waals surface area contributed by atoms with Crippen molar-refractivity contribution in [2.75, 3.05) is 13.6 Å². The zero-order chi connectivity index (χ0) is 9.68. The van der Waals surface area contributed by atoms with Crippen LogP contribution >= 0.6 is 0 Å². The van der Waals surface area contributed by atoms with Crippen LogP contribution in [0.2, 0.25) is 0 Å². The van der Waals surface area contributed by atoms with Gasteiger partial charge in [-0.3, -0.25) is 9.48 Å². The molecule has 0 spiro atoms. The van der Waals surface area contributed by atoms with Crippen molar-refractivity contribution in [2.45, 2.75) is 19.9 Å². The summed E-state index contributed by atoms with van der Waals surface area (Å²) in [5, 5.41) is 7.86. The van der Waals surface area contributed by atoms with E-state index >= 15 is 0 Å². The van der Waals surface area contributed by atoms with Crippen LogP contribution in [0, 0.1) is 0 Å². The maximum Gasteiger partial charge on any atom is 0.209 e. The Labute approximate surface area is 77.3 Å². The van der Waals surface area contributed by atoms with Crippen LogP contribution < -0.4 is 0 Å². The first-order valence-electron chi connectivity index (χ1n) is 4.30. The smallest absolute Gasteiger partial charge is 0.209 e. The minimum absolute atomic E-state index is 0.686. The predicted octanol–water partition coefficient (Wildman–Crippen LogP) is -0.0713. The Balaban J connectivity index is 2.40. The van der Waals surface area contributed by atoms with E-state index in [0.29, 0.717) is 6.54 Å². The van der Waals surface area contributed by atoms with Gasteiger partial charge < -0.3 is 4.90 Å². The first-order chi connectivity index (χ1) is 6.26. The summed E-state index contributed by atoms with van der Waals surface area (Å²) in [6, 6.07) is 0. The van der Waals surface area contributed by atoms with Crippen LogP contribution in [0.15, 0.2) is 6.20 Å². The van der Waals surface area contributed by atoms with Crippen molar-refractivity contribution in [3.63, 3.8) is 0 Å². The number of nitrogens with zero attached hydrogens (tertiary/aromatic N) is 4. The molecule has 0 saturated carbocycles. The summed E-state index contributed by atoms with van der Waals surface area (Å²) in [4.78, 5) is 11.9. The van der Waals surface area contributed by atoms with Gasteiger partial charge in [-0.25, -0.2) is 0 Å². The zero-order valence-corrected chi connectivity index (χ0v) is 7.97. The maximum atomic E-state index is 10.3. The van der Waals surface area contributed by atoms with Crippen LogP contribution in [0.3, 0.4) is 0 Å². The van der Waals surface area contributed by atoms with Gasteiger partial charge in [0.15, 0.2) is 0 Å². The van der Waals surface area contributed by atoms with Gasteiger partial charge in [-0.2, -0.15) is 0 Å². The second kappa shape index (κ2) is 4.59. The van der Waals surface area contributed by atoms with E-state index in [2.05, 4.69) is 10.3 Å². The molecule has 0 saturated heterocycles. The highest BCUT2D eigenvalue weighted by Gasteiger charge is 2.00. The number of carbonyl (C=O) groups excluding carboxylic acids is 1. The van der Waals surface area contributed by atoms with Crippen molar-refractivity contribution in [3.05, 3.63) is 11.9 Å². The number of rotatable bonds is 5. The van der Waals surface area contributed by atoms with Crippen LogP contribution in [0.5, 0.6) is 0 Å². The molecule has 0 aliphatic rings. The van der Waals surface area contributed by atoms with Crippen LogP contribution in [0.25, 0.3) is 0 Å². The third-order valence-corrected chi connectivity index (χ3v) is 1.81. The van der Waals surface area contributed by atoms with Crippen LogP contribution in [-0.4, -0.2) is 39.9 Å². The van der Waals surface area contributed by atoms with Crippen molar-refractivity contribution in [1.29, 1.82) is 0 Å². The molecule has 0 aliphatic heterocycles. The molecule has 1 aromatic rings. The fourth-order valence-corrected chi connectivity index (χ4v) is 0.951. The lowest BCUT2D eigenvalue weighted by Gasteiger charge is -2.07. The molecule has 5 heteroatoms. The van der Waals surface area contributed by atoms with Gasteiger partial charge in [-0.15, -0.1) is 5.10 Å². The Morgan fingerprint density at radius 3 is 3.00 bits per heavy atom. The van der Waals surface area contributed by atoms with Crippen molar-refractivity contribution in [2.24, 2.45) is 0 Å². The molecular formula is C8H14N4O. The molecule has 72 valence electrons. The monoisotopic (exact) mass is 182 g/mol. The predicted molar refractivity (Wildman–Crippen MR) is 48.1 cm³/mol. The van der Waals surface area contributed by atoms with E-state index in [0.717, 1.165) is 25.1 Å². The van der Waals surface area contributed by atoms with E-state index in [1.54, 1.807) is 16.6 Å². The number of aryl methyl sites for hydroxylation is 1. The van der Waals surface area contributed by atoms with Gasteiger partial charge in [-0.1, -0.05) is 5.21 Å². The van der Waals surface area contributed by atoms with Crippen molar-refractivity contribution >= 4 is 6.41 Å².